The second kappa shape index (κ2) is 9.83. The lowest BCUT2D eigenvalue weighted by atomic mass is 10.1. The molecule has 0 aliphatic carbocycles. The van der Waals surface area contributed by atoms with Gasteiger partial charge in [0.1, 0.15) is 17.2 Å². The molecule has 0 saturated heterocycles. The maximum absolute atomic E-state index is 9.45. The standard InChI is InChI=1S/C25H20Cl2N4OS/c1-15(28)24(30-32)22-14-31(25(29-22)19-8-3-4-9-20(19)26)23-11-10-17(13-21(23)27)16-6-5-7-18(12-16)33-2/h3-14,28,32H,1-2H3/b28-15?,30-24+. The van der Waals surface area contributed by atoms with E-state index in [0.717, 1.165) is 11.1 Å². The van der Waals surface area contributed by atoms with Crippen LogP contribution < -0.4 is 0 Å². The zero-order valence-electron chi connectivity index (χ0n) is 17.9. The Hall–Kier alpha value is -3.06. The molecule has 33 heavy (non-hydrogen) atoms. The molecular weight excluding hydrogens is 475 g/mol. The second-order valence-corrected chi connectivity index (χ2v) is 8.97. The van der Waals surface area contributed by atoms with E-state index < -0.39 is 0 Å². The van der Waals surface area contributed by atoms with Gasteiger partial charge in [0.25, 0.3) is 0 Å². The molecule has 5 nitrogen and oxygen atoms in total. The van der Waals surface area contributed by atoms with Crippen molar-refractivity contribution in [1.82, 2.24) is 9.55 Å². The molecule has 1 aromatic heterocycles. The van der Waals surface area contributed by atoms with Crippen LogP contribution in [0.1, 0.15) is 12.6 Å². The minimum absolute atomic E-state index is 0.0728. The molecule has 0 spiro atoms. The van der Waals surface area contributed by atoms with Crippen LogP contribution in [0.15, 0.2) is 83.0 Å². The third-order valence-electron chi connectivity index (χ3n) is 5.13. The van der Waals surface area contributed by atoms with Crippen molar-refractivity contribution in [1.29, 1.82) is 5.41 Å². The van der Waals surface area contributed by atoms with Crippen molar-refractivity contribution >= 4 is 46.4 Å². The van der Waals surface area contributed by atoms with Crippen LogP contribution in [-0.2, 0) is 0 Å². The fourth-order valence-electron chi connectivity index (χ4n) is 3.51. The van der Waals surface area contributed by atoms with Gasteiger partial charge in [-0.25, -0.2) is 4.98 Å². The van der Waals surface area contributed by atoms with Crippen molar-refractivity contribution in [3.8, 4) is 28.2 Å². The molecular formula is C25H20Cl2N4OS. The van der Waals surface area contributed by atoms with E-state index in [-0.39, 0.29) is 11.4 Å². The first-order chi connectivity index (χ1) is 15.9. The van der Waals surface area contributed by atoms with E-state index in [1.54, 1.807) is 28.6 Å². The number of rotatable bonds is 6. The van der Waals surface area contributed by atoms with Crippen LogP contribution in [0.2, 0.25) is 10.0 Å². The van der Waals surface area contributed by atoms with Gasteiger partial charge in [-0.1, -0.05) is 58.7 Å². The lowest BCUT2D eigenvalue weighted by molar-refractivity contribution is 0.320. The molecule has 4 aromatic rings. The third-order valence-corrected chi connectivity index (χ3v) is 6.49. The number of benzene rings is 3. The molecule has 0 amide bonds. The van der Waals surface area contributed by atoms with E-state index in [2.05, 4.69) is 22.3 Å². The predicted octanol–water partition coefficient (Wildman–Crippen LogP) is 7.45. The fraction of sp³-hybridized carbons (Fsp3) is 0.0800. The summed E-state index contributed by atoms with van der Waals surface area (Å²) in [5.41, 5.74) is 3.95. The largest absolute Gasteiger partial charge is 0.410 e. The Bertz CT molecular complexity index is 1380. The van der Waals surface area contributed by atoms with Gasteiger partial charge in [-0.15, -0.1) is 11.8 Å². The Morgan fingerprint density at radius 3 is 2.42 bits per heavy atom. The molecule has 2 N–H and O–H groups in total. The summed E-state index contributed by atoms with van der Waals surface area (Å²) in [4.78, 5) is 5.81. The quantitative estimate of drug-likeness (QED) is 0.126. The summed E-state index contributed by atoms with van der Waals surface area (Å²) in [6.45, 7) is 1.54. The first-order valence-electron chi connectivity index (χ1n) is 9.99. The molecule has 0 atom stereocenters. The van der Waals surface area contributed by atoms with Gasteiger partial charge in [0.2, 0.25) is 0 Å². The normalized spacial score (nSPS) is 11.6. The van der Waals surface area contributed by atoms with Gasteiger partial charge in [-0.2, -0.15) is 0 Å². The highest BCUT2D eigenvalue weighted by atomic mass is 35.5. The fourth-order valence-corrected chi connectivity index (χ4v) is 4.46. The van der Waals surface area contributed by atoms with Crippen LogP contribution in [0.4, 0.5) is 0 Å². The van der Waals surface area contributed by atoms with E-state index >= 15 is 0 Å². The number of nitrogens with one attached hydrogen (secondary N) is 1. The Balaban J connectivity index is 1.88. The van der Waals surface area contributed by atoms with Crippen molar-refractivity contribution in [2.45, 2.75) is 11.8 Å². The topological polar surface area (TPSA) is 74.3 Å². The smallest absolute Gasteiger partial charge is 0.150 e. The monoisotopic (exact) mass is 494 g/mol. The number of hydrogen-bond acceptors (Lipinski definition) is 5. The van der Waals surface area contributed by atoms with Gasteiger partial charge in [-0.3, -0.25) is 4.57 Å². The predicted molar refractivity (Wildman–Crippen MR) is 138 cm³/mol. The number of nitrogens with zero attached hydrogens (tertiary/aromatic N) is 3. The zero-order chi connectivity index (χ0) is 23.5. The molecule has 0 aliphatic rings. The molecule has 0 fully saturated rings. The summed E-state index contributed by atoms with van der Waals surface area (Å²) < 4.78 is 1.80. The summed E-state index contributed by atoms with van der Waals surface area (Å²) in [6.07, 6.45) is 3.74. The van der Waals surface area contributed by atoms with Crippen LogP contribution in [-0.4, -0.2) is 32.4 Å². The van der Waals surface area contributed by atoms with Crippen molar-refractivity contribution in [3.05, 3.63) is 88.7 Å². The number of oxime groups is 1. The Kier molecular flexibility index (Phi) is 6.88. The van der Waals surface area contributed by atoms with E-state index in [0.29, 0.717) is 32.8 Å². The van der Waals surface area contributed by atoms with Crippen LogP contribution in [0.5, 0.6) is 0 Å². The number of hydrogen-bond donors (Lipinski definition) is 2. The molecule has 0 aliphatic heterocycles. The van der Waals surface area contributed by atoms with Gasteiger partial charge in [0.15, 0.2) is 0 Å². The molecule has 8 heteroatoms. The van der Waals surface area contributed by atoms with Crippen molar-refractivity contribution in [3.63, 3.8) is 0 Å². The Labute approximate surface area is 206 Å². The molecule has 0 unspecified atom stereocenters. The first-order valence-corrected chi connectivity index (χ1v) is 12.0. The van der Waals surface area contributed by atoms with Gasteiger partial charge in [-0.05, 0) is 60.7 Å². The van der Waals surface area contributed by atoms with Crippen molar-refractivity contribution < 1.29 is 5.21 Å². The number of aromatic nitrogens is 2. The van der Waals surface area contributed by atoms with Gasteiger partial charge >= 0.3 is 0 Å². The molecule has 4 rings (SSSR count). The van der Waals surface area contributed by atoms with Crippen LogP contribution in [0.3, 0.4) is 0 Å². The highest BCUT2D eigenvalue weighted by Crippen LogP contribution is 2.34. The number of thioether (sulfide) groups is 1. The van der Waals surface area contributed by atoms with E-state index in [9.17, 15) is 5.21 Å². The molecule has 0 radical (unpaired) electrons. The SMILES string of the molecule is CSc1cccc(-c2ccc(-n3cc(/C(=N/O)C(C)=N)nc3-c3ccccc3Cl)c(Cl)c2)c1. The summed E-state index contributed by atoms with van der Waals surface area (Å²) in [6, 6.07) is 21.4. The van der Waals surface area contributed by atoms with Crippen molar-refractivity contribution in [2.24, 2.45) is 5.16 Å². The Morgan fingerprint density at radius 2 is 1.76 bits per heavy atom. The zero-order valence-corrected chi connectivity index (χ0v) is 20.2. The van der Waals surface area contributed by atoms with Gasteiger partial charge in [0, 0.05) is 16.7 Å². The minimum Gasteiger partial charge on any atom is -0.410 e. The van der Waals surface area contributed by atoms with Crippen LogP contribution in [0, 0.1) is 5.41 Å². The van der Waals surface area contributed by atoms with Gasteiger partial charge < -0.3 is 10.6 Å². The summed E-state index contributed by atoms with van der Waals surface area (Å²) in [5.74, 6) is 0.525. The van der Waals surface area contributed by atoms with Crippen LogP contribution >= 0.6 is 35.0 Å². The van der Waals surface area contributed by atoms with E-state index in [1.165, 1.54) is 11.8 Å². The van der Waals surface area contributed by atoms with Crippen molar-refractivity contribution in [2.75, 3.05) is 6.26 Å². The lowest BCUT2D eigenvalue weighted by Gasteiger charge is -2.12. The number of imidazole rings is 1. The maximum atomic E-state index is 9.45. The highest BCUT2D eigenvalue weighted by molar-refractivity contribution is 7.98. The third kappa shape index (κ3) is 4.69. The van der Waals surface area contributed by atoms with Crippen LogP contribution in [0.25, 0.3) is 28.2 Å². The first kappa shape index (κ1) is 23.1. The summed E-state index contributed by atoms with van der Waals surface area (Å²) >= 11 is 14.9. The Morgan fingerprint density at radius 1 is 1.00 bits per heavy atom. The molecule has 0 bridgehead atoms. The molecule has 0 saturated carbocycles. The average molecular weight is 495 g/mol. The molecule has 166 valence electrons. The summed E-state index contributed by atoms with van der Waals surface area (Å²) in [5, 5.41) is 21.7. The van der Waals surface area contributed by atoms with Gasteiger partial charge in [0.05, 0.1) is 21.4 Å². The summed E-state index contributed by atoms with van der Waals surface area (Å²) in [7, 11) is 0. The second-order valence-electron chi connectivity index (χ2n) is 7.27. The minimum atomic E-state index is 0.0728. The number of halogens is 2. The highest BCUT2D eigenvalue weighted by Gasteiger charge is 2.20. The molecule has 3 aromatic carbocycles. The average Bonchev–Trinajstić information content (AvgIpc) is 3.23. The lowest BCUT2D eigenvalue weighted by Crippen LogP contribution is -2.11. The van der Waals surface area contributed by atoms with E-state index in [1.807, 2.05) is 54.8 Å². The van der Waals surface area contributed by atoms with E-state index in [4.69, 9.17) is 28.6 Å². The maximum Gasteiger partial charge on any atom is 0.150 e. The molecule has 1 heterocycles.